The number of halogens is 2. The van der Waals surface area contributed by atoms with Gasteiger partial charge in [0, 0.05) is 5.75 Å². The maximum Gasteiger partial charge on any atom is 0.387 e. The summed E-state index contributed by atoms with van der Waals surface area (Å²) in [5, 5.41) is 11.6. The summed E-state index contributed by atoms with van der Waals surface area (Å²) in [6.07, 6.45) is 0. The van der Waals surface area contributed by atoms with Gasteiger partial charge in [-0.15, -0.1) is 11.8 Å². The minimum atomic E-state index is -2.96. The van der Waals surface area contributed by atoms with Crippen molar-refractivity contribution < 1.29 is 18.3 Å². The van der Waals surface area contributed by atoms with Crippen LogP contribution in [-0.2, 0) is 10.5 Å². The number of carbonyl (C=O) groups is 1. The summed E-state index contributed by atoms with van der Waals surface area (Å²) in [6, 6.07) is 15.3. The summed E-state index contributed by atoms with van der Waals surface area (Å²) in [7, 11) is 0. The number of nitrogens with zero attached hydrogens (tertiary/aromatic N) is 1. The number of thioether (sulfide) groups is 1. The van der Waals surface area contributed by atoms with E-state index in [2.05, 4.69) is 16.1 Å². The van der Waals surface area contributed by atoms with Gasteiger partial charge in [0.2, 0.25) is 5.91 Å². The molecule has 2 aromatic rings. The minimum Gasteiger partial charge on any atom is -0.433 e. The number of rotatable bonds is 7. The van der Waals surface area contributed by atoms with Gasteiger partial charge in [0.1, 0.15) is 5.75 Å². The Morgan fingerprint density at radius 1 is 1.21 bits per heavy atom. The van der Waals surface area contributed by atoms with Crippen molar-refractivity contribution in [1.29, 1.82) is 5.26 Å². The molecule has 124 valence electrons. The number of nitrogens with one attached hydrogen (secondary N) is 1. The van der Waals surface area contributed by atoms with Gasteiger partial charge >= 0.3 is 6.61 Å². The van der Waals surface area contributed by atoms with E-state index in [4.69, 9.17) is 5.26 Å². The lowest BCUT2D eigenvalue weighted by Gasteiger charge is -2.11. The van der Waals surface area contributed by atoms with Gasteiger partial charge in [-0.2, -0.15) is 14.0 Å². The first-order chi connectivity index (χ1) is 11.6. The van der Waals surface area contributed by atoms with Crippen LogP contribution in [-0.4, -0.2) is 18.3 Å². The third kappa shape index (κ3) is 5.25. The van der Waals surface area contributed by atoms with Crippen molar-refractivity contribution in [3.05, 3.63) is 59.7 Å². The molecule has 0 heterocycles. The topological polar surface area (TPSA) is 62.1 Å². The average Bonchev–Trinajstić information content (AvgIpc) is 2.56. The molecule has 24 heavy (non-hydrogen) atoms. The molecule has 0 fully saturated rings. The van der Waals surface area contributed by atoms with Crippen molar-refractivity contribution in [3.63, 3.8) is 0 Å². The Morgan fingerprint density at radius 2 is 1.92 bits per heavy atom. The first kappa shape index (κ1) is 17.8. The van der Waals surface area contributed by atoms with Crippen LogP contribution >= 0.6 is 11.8 Å². The average molecular weight is 348 g/mol. The van der Waals surface area contributed by atoms with Crippen LogP contribution in [0.15, 0.2) is 48.5 Å². The second kappa shape index (κ2) is 8.89. The summed E-state index contributed by atoms with van der Waals surface area (Å²) < 4.78 is 29.0. The zero-order valence-electron chi connectivity index (χ0n) is 12.5. The molecule has 4 nitrogen and oxygen atoms in total. The number of para-hydroxylation sites is 2. The second-order valence-electron chi connectivity index (χ2n) is 4.68. The van der Waals surface area contributed by atoms with Gasteiger partial charge in [0.15, 0.2) is 0 Å². The van der Waals surface area contributed by atoms with E-state index in [0.717, 1.165) is 5.56 Å². The van der Waals surface area contributed by atoms with Crippen LogP contribution in [0.5, 0.6) is 5.75 Å². The summed E-state index contributed by atoms with van der Waals surface area (Å²) in [6.45, 7) is -2.96. The molecule has 0 bridgehead atoms. The number of alkyl halides is 2. The molecule has 0 aromatic heterocycles. The van der Waals surface area contributed by atoms with Gasteiger partial charge in [-0.25, -0.2) is 0 Å². The van der Waals surface area contributed by atoms with Crippen molar-refractivity contribution >= 4 is 23.4 Å². The third-order valence-electron chi connectivity index (χ3n) is 3.01. The van der Waals surface area contributed by atoms with Crippen LogP contribution in [0.25, 0.3) is 0 Å². The fraction of sp³-hybridized carbons (Fsp3) is 0.176. The summed E-state index contributed by atoms with van der Waals surface area (Å²) >= 11 is 1.33. The molecule has 1 N–H and O–H groups in total. The molecule has 7 heteroatoms. The van der Waals surface area contributed by atoms with Crippen molar-refractivity contribution in [2.24, 2.45) is 0 Å². The van der Waals surface area contributed by atoms with Gasteiger partial charge in [-0.3, -0.25) is 4.79 Å². The molecule has 2 rings (SSSR count). The molecular weight excluding hydrogens is 334 g/mol. The molecule has 0 atom stereocenters. The predicted molar refractivity (Wildman–Crippen MR) is 89.0 cm³/mol. The fourth-order valence-corrected chi connectivity index (χ4v) is 2.80. The van der Waals surface area contributed by atoms with Crippen LogP contribution in [0.3, 0.4) is 0 Å². The Morgan fingerprint density at radius 3 is 2.67 bits per heavy atom. The molecule has 0 saturated carbocycles. The van der Waals surface area contributed by atoms with Crippen molar-refractivity contribution in [1.82, 2.24) is 0 Å². The number of benzene rings is 2. The lowest BCUT2D eigenvalue weighted by molar-refractivity contribution is -0.113. The Kier molecular flexibility index (Phi) is 6.58. The van der Waals surface area contributed by atoms with Crippen LogP contribution in [0.2, 0.25) is 0 Å². The molecular formula is C17H14F2N2O2S. The third-order valence-corrected chi connectivity index (χ3v) is 3.99. The largest absolute Gasteiger partial charge is 0.433 e. The van der Waals surface area contributed by atoms with Crippen molar-refractivity contribution in [3.8, 4) is 11.8 Å². The molecule has 0 unspecified atom stereocenters. The van der Waals surface area contributed by atoms with E-state index in [1.165, 1.54) is 23.9 Å². The van der Waals surface area contributed by atoms with E-state index in [0.29, 0.717) is 11.3 Å². The van der Waals surface area contributed by atoms with Crippen LogP contribution in [0, 0.1) is 11.3 Å². The number of hydrogen-bond donors (Lipinski definition) is 1. The van der Waals surface area contributed by atoms with Crippen LogP contribution in [0.4, 0.5) is 14.5 Å². The Balaban J connectivity index is 1.89. The van der Waals surface area contributed by atoms with E-state index >= 15 is 0 Å². The van der Waals surface area contributed by atoms with Crippen LogP contribution < -0.4 is 10.1 Å². The number of ether oxygens (including phenoxy) is 1. The monoisotopic (exact) mass is 348 g/mol. The first-order valence-corrected chi connectivity index (χ1v) is 8.15. The van der Waals surface area contributed by atoms with Crippen molar-refractivity contribution in [2.75, 3.05) is 11.1 Å². The zero-order chi connectivity index (χ0) is 17.4. The maximum atomic E-state index is 12.3. The van der Waals surface area contributed by atoms with E-state index in [-0.39, 0.29) is 23.1 Å². The highest BCUT2D eigenvalue weighted by Gasteiger charge is 2.11. The standard InChI is InChI=1S/C17H14F2N2O2S/c18-17(19)23-15-8-4-3-7-14(15)21-16(22)11-24-10-13-6-2-1-5-12(13)9-20/h1-8,17H,10-11H2,(H,21,22). The highest BCUT2D eigenvalue weighted by Crippen LogP contribution is 2.26. The fourth-order valence-electron chi connectivity index (χ4n) is 1.96. The Labute approximate surface area is 142 Å². The Hall–Kier alpha value is -2.59. The number of nitriles is 1. The summed E-state index contributed by atoms with van der Waals surface area (Å²) in [4.78, 5) is 12.0. The number of hydrogen-bond acceptors (Lipinski definition) is 4. The van der Waals surface area contributed by atoms with Gasteiger partial charge < -0.3 is 10.1 Å². The second-order valence-corrected chi connectivity index (χ2v) is 5.67. The minimum absolute atomic E-state index is 0.0827. The first-order valence-electron chi connectivity index (χ1n) is 6.99. The van der Waals surface area contributed by atoms with Gasteiger partial charge in [0.05, 0.1) is 23.1 Å². The van der Waals surface area contributed by atoms with E-state index in [1.807, 2.05) is 12.1 Å². The highest BCUT2D eigenvalue weighted by atomic mass is 32.2. The molecule has 2 aromatic carbocycles. The number of amides is 1. The molecule has 0 aliphatic carbocycles. The molecule has 0 saturated heterocycles. The Bertz CT molecular complexity index is 747. The zero-order valence-corrected chi connectivity index (χ0v) is 13.4. The van der Waals surface area contributed by atoms with Crippen LogP contribution in [0.1, 0.15) is 11.1 Å². The summed E-state index contributed by atoms with van der Waals surface area (Å²) in [5.41, 5.74) is 1.61. The molecule has 1 amide bonds. The van der Waals surface area contributed by atoms with E-state index < -0.39 is 6.61 Å². The van der Waals surface area contributed by atoms with Gasteiger partial charge in [0.25, 0.3) is 0 Å². The maximum absolute atomic E-state index is 12.3. The molecule has 0 aliphatic heterocycles. The van der Waals surface area contributed by atoms with Gasteiger partial charge in [-0.1, -0.05) is 30.3 Å². The van der Waals surface area contributed by atoms with Gasteiger partial charge in [-0.05, 0) is 23.8 Å². The number of carbonyl (C=O) groups excluding carboxylic acids is 1. The molecule has 0 aliphatic rings. The quantitative estimate of drug-likeness (QED) is 0.820. The number of anilines is 1. The normalized spacial score (nSPS) is 10.2. The predicted octanol–water partition coefficient (Wildman–Crippen LogP) is 4.03. The lowest BCUT2D eigenvalue weighted by Crippen LogP contribution is -2.15. The van der Waals surface area contributed by atoms with Crippen molar-refractivity contribution in [2.45, 2.75) is 12.4 Å². The highest BCUT2D eigenvalue weighted by molar-refractivity contribution is 7.99. The van der Waals surface area contributed by atoms with E-state index in [1.54, 1.807) is 24.3 Å². The SMILES string of the molecule is N#Cc1ccccc1CSCC(=O)Nc1ccccc1OC(F)F. The lowest BCUT2D eigenvalue weighted by atomic mass is 10.1. The summed E-state index contributed by atoms with van der Waals surface area (Å²) in [5.74, 6) is 0.218. The smallest absolute Gasteiger partial charge is 0.387 e. The molecule has 0 spiro atoms. The van der Waals surface area contributed by atoms with E-state index in [9.17, 15) is 13.6 Å². The molecule has 0 radical (unpaired) electrons.